The summed E-state index contributed by atoms with van der Waals surface area (Å²) >= 11 is 13.2. The van der Waals surface area contributed by atoms with Gasteiger partial charge in [-0.1, -0.05) is 23.2 Å². The Balaban J connectivity index is 2.20. The molecule has 0 aliphatic carbocycles. The minimum absolute atomic E-state index is 0.00872. The number of hydrogen-bond donors (Lipinski definition) is 1. The molecule has 0 aliphatic heterocycles. The van der Waals surface area contributed by atoms with Crippen molar-refractivity contribution in [3.8, 4) is 6.07 Å². The number of thiophene rings is 1. The van der Waals surface area contributed by atoms with E-state index in [-0.39, 0.29) is 5.57 Å². The van der Waals surface area contributed by atoms with Gasteiger partial charge in [0.2, 0.25) is 0 Å². The van der Waals surface area contributed by atoms with E-state index >= 15 is 0 Å². The smallest absolute Gasteiger partial charge is 0.266 e. The summed E-state index contributed by atoms with van der Waals surface area (Å²) in [7, 11) is 0. The molecule has 0 radical (unpaired) electrons. The van der Waals surface area contributed by atoms with Crippen molar-refractivity contribution >= 4 is 52.2 Å². The number of nitrogens with zero attached hydrogens (tertiary/aromatic N) is 1. The van der Waals surface area contributed by atoms with E-state index in [0.29, 0.717) is 15.7 Å². The molecule has 1 aromatic carbocycles. The number of anilines is 1. The van der Waals surface area contributed by atoms with Gasteiger partial charge in [0.15, 0.2) is 0 Å². The Labute approximate surface area is 130 Å². The van der Waals surface area contributed by atoms with Crippen LogP contribution >= 0.6 is 34.5 Å². The van der Waals surface area contributed by atoms with Crippen LogP contribution in [0.4, 0.5) is 5.69 Å². The van der Waals surface area contributed by atoms with Gasteiger partial charge in [-0.2, -0.15) is 16.6 Å². The van der Waals surface area contributed by atoms with Gasteiger partial charge in [0.1, 0.15) is 11.6 Å². The minimum atomic E-state index is -0.511. The zero-order valence-electron chi connectivity index (χ0n) is 10.1. The second kappa shape index (κ2) is 6.58. The quantitative estimate of drug-likeness (QED) is 0.663. The van der Waals surface area contributed by atoms with Gasteiger partial charge in [0, 0.05) is 5.02 Å². The zero-order chi connectivity index (χ0) is 14.5. The first kappa shape index (κ1) is 14.6. The molecule has 0 aliphatic rings. The maximum atomic E-state index is 12.0. The Kier molecular flexibility index (Phi) is 4.80. The lowest BCUT2D eigenvalue weighted by Crippen LogP contribution is -2.13. The summed E-state index contributed by atoms with van der Waals surface area (Å²) in [5.74, 6) is -0.511. The first-order valence-corrected chi connectivity index (χ1v) is 7.20. The van der Waals surface area contributed by atoms with Crippen molar-refractivity contribution in [2.24, 2.45) is 0 Å². The third-order valence-corrected chi connectivity index (χ3v) is 3.65. The number of hydrogen-bond acceptors (Lipinski definition) is 3. The molecule has 0 bridgehead atoms. The first-order valence-electron chi connectivity index (χ1n) is 5.50. The Morgan fingerprint density at radius 1 is 1.35 bits per heavy atom. The Hall–Kier alpha value is -1.80. The highest BCUT2D eigenvalue weighted by molar-refractivity contribution is 7.08. The SMILES string of the molecule is N#C/C(=C\c1ccsc1)C(=O)Nc1ccc(Cl)cc1Cl. The van der Waals surface area contributed by atoms with Crippen molar-refractivity contribution in [1.82, 2.24) is 0 Å². The highest BCUT2D eigenvalue weighted by atomic mass is 35.5. The zero-order valence-corrected chi connectivity index (χ0v) is 12.4. The number of carbonyl (C=O) groups excluding carboxylic acids is 1. The lowest BCUT2D eigenvalue weighted by Gasteiger charge is -2.06. The standard InChI is InChI=1S/C14H8Cl2N2OS/c15-11-1-2-13(12(16)6-11)18-14(19)10(7-17)5-9-3-4-20-8-9/h1-6,8H,(H,18,19)/b10-5+. The highest BCUT2D eigenvalue weighted by Crippen LogP contribution is 2.25. The fourth-order valence-electron chi connectivity index (χ4n) is 1.45. The summed E-state index contributed by atoms with van der Waals surface area (Å²) in [6, 6.07) is 8.42. The number of halogens is 2. The molecule has 0 unspecified atom stereocenters. The summed E-state index contributed by atoms with van der Waals surface area (Å²) in [6.07, 6.45) is 1.52. The fourth-order valence-corrected chi connectivity index (χ4v) is 2.53. The van der Waals surface area contributed by atoms with Crippen LogP contribution in [0.5, 0.6) is 0 Å². The third-order valence-electron chi connectivity index (χ3n) is 2.40. The van der Waals surface area contributed by atoms with E-state index in [1.54, 1.807) is 12.1 Å². The van der Waals surface area contributed by atoms with Gasteiger partial charge >= 0.3 is 0 Å². The molecule has 0 fully saturated rings. The summed E-state index contributed by atoms with van der Waals surface area (Å²) in [6.45, 7) is 0. The van der Waals surface area contributed by atoms with Gasteiger partial charge in [-0.05, 0) is 46.7 Å². The van der Waals surface area contributed by atoms with Crippen molar-refractivity contribution in [2.45, 2.75) is 0 Å². The number of benzene rings is 1. The Bertz CT molecular complexity index is 702. The average molecular weight is 323 g/mol. The van der Waals surface area contributed by atoms with E-state index in [2.05, 4.69) is 5.32 Å². The summed E-state index contributed by atoms with van der Waals surface area (Å²) in [5.41, 5.74) is 1.23. The normalized spacial score (nSPS) is 10.9. The Morgan fingerprint density at radius 2 is 2.15 bits per heavy atom. The molecular formula is C14H8Cl2N2OS. The summed E-state index contributed by atoms with van der Waals surface area (Å²) in [5, 5.41) is 16.2. The number of carbonyl (C=O) groups is 1. The second-order valence-electron chi connectivity index (χ2n) is 3.80. The molecule has 1 aromatic heterocycles. The van der Waals surface area contributed by atoms with E-state index in [1.165, 1.54) is 23.5 Å². The van der Waals surface area contributed by atoms with Crippen molar-refractivity contribution < 1.29 is 4.79 Å². The maximum Gasteiger partial charge on any atom is 0.266 e. The Morgan fingerprint density at radius 3 is 2.75 bits per heavy atom. The molecule has 100 valence electrons. The molecule has 3 nitrogen and oxygen atoms in total. The number of amides is 1. The van der Waals surface area contributed by atoms with Gasteiger partial charge in [0.05, 0.1) is 10.7 Å². The monoisotopic (exact) mass is 322 g/mol. The van der Waals surface area contributed by atoms with E-state index in [1.807, 2.05) is 22.9 Å². The van der Waals surface area contributed by atoms with Crippen molar-refractivity contribution in [3.05, 3.63) is 56.2 Å². The van der Waals surface area contributed by atoms with Crippen LogP contribution in [-0.2, 0) is 4.79 Å². The van der Waals surface area contributed by atoms with E-state index in [9.17, 15) is 4.79 Å². The predicted molar refractivity (Wildman–Crippen MR) is 83.0 cm³/mol. The van der Waals surface area contributed by atoms with Gasteiger partial charge < -0.3 is 5.32 Å². The van der Waals surface area contributed by atoms with Gasteiger partial charge in [-0.25, -0.2) is 0 Å². The average Bonchev–Trinajstić information content (AvgIpc) is 2.92. The van der Waals surface area contributed by atoms with Crippen LogP contribution in [0, 0.1) is 11.3 Å². The highest BCUT2D eigenvalue weighted by Gasteiger charge is 2.11. The van der Waals surface area contributed by atoms with E-state index in [0.717, 1.165) is 5.56 Å². The van der Waals surface area contributed by atoms with Crippen LogP contribution < -0.4 is 5.32 Å². The lowest BCUT2D eigenvalue weighted by atomic mass is 10.2. The third kappa shape index (κ3) is 3.61. The molecule has 1 heterocycles. The van der Waals surface area contributed by atoms with Crippen LogP contribution in [0.15, 0.2) is 40.6 Å². The van der Waals surface area contributed by atoms with E-state index in [4.69, 9.17) is 28.5 Å². The lowest BCUT2D eigenvalue weighted by molar-refractivity contribution is -0.112. The van der Waals surface area contributed by atoms with Crippen molar-refractivity contribution in [3.63, 3.8) is 0 Å². The van der Waals surface area contributed by atoms with E-state index < -0.39 is 5.91 Å². The van der Waals surface area contributed by atoms with Crippen LogP contribution in [0.1, 0.15) is 5.56 Å². The molecule has 0 atom stereocenters. The van der Waals surface area contributed by atoms with Crippen LogP contribution in [-0.4, -0.2) is 5.91 Å². The van der Waals surface area contributed by atoms with Gasteiger partial charge in [-0.3, -0.25) is 4.79 Å². The fraction of sp³-hybridized carbons (Fsp3) is 0. The molecule has 2 rings (SSSR count). The van der Waals surface area contributed by atoms with Crippen LogP contribution in [0.25, 0.3) is 6.08 Å². The molecule has 20 heavy (non-hydrogen) atoms. The largest absolute Gasteiger partial charge is 0.320 e. The maximum absolute atomic E-state index is 12.0. The number of nitrogens with one attached hydrogen (secondary N) is 1. The van der Waals surface area contributed by atoms with Crippen molar-refractivity contribution in [1.29, 1.82) is 5.26 Å². The topological polar surface area (TPSA) is 52.9 Å². The molecule has 0 saturated heterocycles. The molecule has 1 amide bonds. The molecule has 0 spiro atoms. The van der Waals surface area contributed by atoms with Crippen LogP contribution in [0.3, 0.4) is 0 Å². The minimum Gasteiger partial charge on any atom is -0.320 e. The molecular weight excluding hydrogens is 315 g/mol. The summed E-state index contributed by atoms with van der Waals surface area (Å²) < 4.78 is 0. The molecule has 6 heteroatoms. The number of nitriles is 1. The second-order valence-corrected chi connectivity index (χ2v) is 5.43. The molecule has 2 aromatic rings. The summed E-state index contributed by atoms with van der Waals surface area (Å²) in [4.78, 5) is 12.0. The van der Waals surface area contributed by atoms with Gasteiger partial charge in [-0.15, -0.1) is 0 Å². The first-order chi connectivity index (χ1) is 9.60. The van der Waals surface area contributed by atoms with Gasteiger partial charge in [0.25, 0.3) is 5.91 Å². The molecule has 1 N–H and O–H groups in total. The molecule has 0 saturated carbocycles. The predicted octanol–water partition coefficient (Wildman–Crippen LogP) is 4.60. The van der Waals surface area contributed by atoms with Crippen LogP contribution in [0.2, 0.25) is 10.0 Å². The number of rotatable bonds is 3. The van der Waals surface area contributed by atoms with Crippen molar-refractivity contribution in [2.75, 3.05) is 5.32 Å².